The third kappa shape index (κ3) is 3.94. The molecule has 1 aliphatic rings. The van der Waals surface area contributed by atoms with Crippen LogP contribution in [-0.4, -0.2) is 48.5 Å². The Bertz CT molecular complexity index is 1350. The number of hydrogen-bond acceptors (Lipinski definition) is 5. The van der Waals surface area contributed by atoms with E-state index >= 15 is 0 Å². The molecule has 0 spiro atoms. The number of nitrogens with zero attached hydrogens (tertiary/aromatic N) is 4. The zero-order valence-electron chi connectivity index (χ0n) is 17.4. The molecule has 164 valence electrons. The average molecular weight is 511 g/mol. The van der Waals surface area contributed by atoms with Gasteiger partial charge in [0.1, 0.15) is 4.90 Å². The summed E-state index contributed by atoms with van der Waals surface area (Å²) in [6.07, 6.45) is 3.49. The lowest BCUT2D eigenvalue weighted by atomic mass is 10.1. The molecule has 0 amide bonds. The van der Waals surface area contributed by atoms with Gasteiger partial charge in [0.25, 0.3) is 10.0 Å². The van der Waals surface area contributed by atoms with Crippen molar-refractivity contribution in [1.82, 2.24) is 13.9 Å². The predicted octanol–water partition coefficient (Wildman–Crippen LogP) is 4.36. The first kappa shape index (κ1) is 21.2. The Morgan fingerprint density at radius 2 is 1.66 bits per heavy atom. The Labute approximate surface area is 196 Å². The number of aromatic nitrogens is 2. The minimum atomic E-state index is -3.71. The van der Waals surface area contributed by atoms with Crippen LogP contribution in [0, 0.1) is 0 Å². The first-order valence-corrected chi connectivity index (χ1v) is 12.7. The van der Waals surface area contributed by atoms with E-state index in [-0.39, 0.29) is 4.90 Å². The van der Waals surface area contributed by atoms with Crippen molar-refractivity contribution in [1.29, 1.82) is 0 Å². The van der Waals surface area contributed by atoms with Gasteiger partial charge < -0.3 is 4.90 Å². The maximum atomic E-state index is 13.3. The molecule has 1 saturated heterocycles. The van der Waals surface area contributed by atoms with E-state index in [9.17, 15) is 8.42 Å². The second-order valence-corrected chi connectivity index (χ2v) is 10.5. The summed E-state index contributed by atoms with van der Waals surface area (Å²) in [4.78, 5) is 9.43. The molecule has 0 radical (unpaired) electrons. The molecule has 3 heterocycles. The molecule has 1 fully saturated rings. The molecule has 1 aliphatic heterocycles. The van der Waals surface area contributed by atoms with Crippen molar-refractivity contribution >= 4 is 42.5 Å². The molecule has 2 aromatic heterocycles. The van der Waals surface area contributed by atoms with E-state index in [2.05, 4.69) is 42.8 Å². The van der Waals surface area contributed by atoms with Crippen LogP contribution in [0.5, 0.6) is 0 Å². The third-order valence-electron chi connectivity index (χ3n) is 5.87. The summed E-state index contributed by atoms with van der Waals surface area (Å²) in [7, 11) is -3.71. The van der Waals surface area contributed by atoms with E-state index in [1.807, 2.05) is 42.6 Å². The van der Waals surface area contributed by atoms with Crippen molar-refractivity contribution in [3.05, 3.63) is 89.3 Å². The Morgan fingerprint density at radius 3 is 2.41 bits per heavy atom. The molecule has 6 nitrogen and oxygen atoms in total. The number of rotatable bonds is 5. The summed E-state index contributed by atoms with van der Waals surface area (Å²) >= 11 is 3.38. The normalized spacial score (nSPS) is 15.3. The second kappa shape index (κ2) is 8.69. The lowest BCUT2D eigenvalue weighted by Crippen LogP contribution is -2.46. The number of benzene rings is 2. The fourth-order valence-electron chi connectivity index (χ4n) is 4.24. The summed E-state index contributed by atoms with van der Waals surface area (Å²) in [6.45, 7) is 4.48. The minimum Gasteiger partial charge on any atom is -0.368 e. The lowest BCUT2D eigenvalue weighted by molar-refractivity contribution is 0.247. The van der Waals surface area contributed by atoms with Crippen molar-refractivity contribution in [3.8, 4) is 0 Å². The van der Waals surface area contributed by atoms with Crippen molar-refractivity contribution in [2.75, 3.05) is 31.1 Å². The number of anilines is 1. The van der Waals surface area contributed by atoms with E-state index in [1.54, 1.807) is 24.4 Å². The number of fused-ring (bicyclic) bond motifs is 1. The van der Waals surface area contributed by atoms with Gasteiger partial charge in [-0.25, -0.2) is 12.4 Å². The summed E-state index contributed by atoms with van der Waals surface area (Å²) in [5.74, 6) is 0. The van der Waals surface area contributed by atoms with Gasteiger partial charge in [0, 0.05) is 60.7 Å². The molecule has 8 heteroatoms. The van der Waals surface area contributed by atoms with E-state index in [4.69, 9.17) is 0 Å². The van der Waals surface area contributed by atoms with E-state index in [0.717, 1.165) is 49.5 Å². The summed E-state index contributed by atoms with van der Waals surface area (Å²) in [6, 6.07) is 20.7. The zero-order chi connectivity index (χ0) is 22.1. The van der Waals surface area contributed by atoms with Crippen LogP contribution in [0.3, 0.4) is 0 Å². The molecule has 4 aromatic rings. The van der Waals surface area contributed by atoms with Gasteiger partial charge in [-0.2, -0.15) is 0 Å². The van der Waals surface area contributed by atoms with Gasteiger partial charge in [0.2, 0.25) is 0 Å². The van der Waals surface area contributed by atoms with Gasteiger partial charge in [0.05, 0.1) is 11.2 Å². The highest BCUT2D eigenvalue weighted by molar-refractivity contribution is 9.10. The van der Waals surface area contributed by atoms with Gasteiger partial charge >= 0.3 is 0 Å². The highest BCUT2D eigenvalue weighted by Crippen LogP contribution is 2.32. The van der Waals surface area contributed by atoms with Crippen LogP contribution >= 0.6 is 15.9 Å². The first-order chi connectivity index (χ1) is 15.5. The minimum absolute atomic E-state index is 0.256. The van der Waals surface area contributed by atoms with Gasteiger partial charge in [-0.15, -0.1) is 0 Å². The number of pyridine rings is 1. The molecule has 5 rings (SSSR count). The second-order valence-electron chi connectivity index (χ2n) is 7.84. The SMILES string of the molecule is O=S(=O)(c1ccccc1Br)n1ccc2c(N3CCN(Cc4ccccn4)CC3)cccc21. The molecule has 0 bridgehead atoms. The largest absolute Gasteiger partial charge is 0.368 e. The maximum absolute atomic E-state index is 13.3. The maximum Gasteiger partial charge on any atom is 0.269 e. The molecular weight excluding hydrogens is 488 g/mol. The van der Waals surface area contributed by atoms with Crippen LogP contribution in [0.1, 0.15) is 5.69 Å². The molecular formula is C24H23BrN4O2S. The fourth-order valence-corrected chi connectivity index (χ4v) is 6.55. The van der Waals surface area contributed by atoms with Gasteiger partial charge in [-0.1, -0.05) is 24.3 Å². The third-order valence-corrected chi connectivity index (χ3v) is 8.57. The van der Waals surface area contributed by atoms with Gasteiger partial charge in [0.15, 0.2) is 0 Å². The summed E-state index contributed by atoms with van der Waals surface area (Å²) in [5, 5.41) is 0.946. The molecule has 0 atom stereocenters. The van der Waals surface area contributed by atoms with E-state index in [1.165, 1.54) is 3.97 Å². The Hall–Kier alpha value is -2.68. The smallest absolute Gasteiger partial charge is 0.269 e. The molecule has 0 saturated carbocycles. The van der Waals surface area contributed by atoms with Crippen molar-refractivity contribution in [2.45, 2.75) is 11.4 Å². The number of piperazine rings is 1. The van der Waals surface area contributed by atoms with Crippen molar-refractivity contribution in [3.63, 3.8) is 0 Å². The standard InChI is InChI=1S/C24H23BrN4O2S/c25-21-7-1-2-10-24(21)32(30,31)29-13-11-20-22(8-5-9-23(20)29)28-16-14-27(15-17-28)18-19-6-3-4-12-26-19/h1-13H,14-18H2. The predicted molar refractivity (Wildman–Crippen MR) is 130 cm³/mol. The Kier molecular flexibility index (Phi) is 5.75. The van der Waals surface area contributed by atoms with Crippen LogP contribution in [0.25, 0.3) is 10.9 Å². The average Bonchev–Trinajstić information content (AvgIpc) is 3.26. The molecule has 0 unspecified atom stereocenters. The van der Waals surface area contributed by atoms with Gasteiger partial charge in [-0.05, 0) is 58.4 Å². The summed E-state index contributed by atoms with van der Waals surface area (Å²) in [5.41, 5.74) is 2.84. The van der Waals surface area contributed by atoms with Crippen LogP contribution in [0.2, 0.25) is 0 Å². The fraction of sp³-hybridized carbons (Fsp3) is 0.208. The van der Waals surface area contributed by atoms with Crippen LogP contribution in [-0.2, 0) is 16.6 Å². The van der Waals surface area contributed by atoms with E-state index in [0.29, 0.717) is 9.99 Å². The van der Waals surface area contributed by atoms with Gasteiger partial charge in [-0.3, -0.25) is 9.88 Å². The van der Waals surface area contributed by atoms with E-state index < -0.39 is 10.0 Å². The van der Waals surface area contributed by atoms with Crippen molar-refractivity contribution < 1.29 is 8.42 Å². The van der Waals surface area contributed by atoms with Crippen LogP contribution in [0.4, 0.5) is 5.69 Å². The van der Waals surface area contributed by atoms with Crippen LogP contribution < -0.4 is 4.90 Å². The number of halogens is 1. The lowest BCUT2D eigenvalue weighted by Gasteiger charge is -2.36. The monoisotopic (exact) mass is 510 g/mol. The molecule has 32 heavy (non-hydrogen) atoms. The zero-order valence-corrected chi connectivity index (χ0v) is 19.8. The molecule has 0 aliphatic carbocycles. The quantitative estimate of drug-likeness (QED) is 0.399. The summed E-state index contributed by atoms with van der Waals surface area (Å²) < 4.78 is 28.6. The Morgan fingerprint density at radius 1 is 0.875 bits per heavy atom. The highest BCUT2D eigenvalue weighted by atomic mass is 79.9. The first-order valence-electron chi connectivity index (χ1n) is 10.5. The highest BCUT2D eigenvalue weighted by Gasteiger charge is 2.24. The molecule has 0 N–H and O–H groups in total. The Balaban J connectivity index is 1.40. The van der Waals surface area contributed by atoms with Crippen molar-refractivity contribution in [2.24, 2.45) is 0 Å². The molecule has 2 aromatic carbocycles. The number of hydrogen-bond donors (Lipinski definition) is 0. The topological polar surface area (TPSA) is 58.4 Å². The van der Waals surface area contributed by atoms with Crippen LogP contribution in [0.15, 0.2) is 88.5 Å².